The van der Waals surface area contributed by atoms with Gasteiger partial charge in [-0.25, -0.2) is 9.37 Å². The first-order chi connectivity index (χ1) is 13.3. The number of carbonyl (C=O) groups excluding carboxylic acids is 1. The van der Waals surface area contributed by atoms with Gasteiger partial charge in [-0.3, -0.25) is 14.8 Å². The predicted molar refractivity (Wildman–Crippen MR) is 104 cm³/mol. The summed E-state index contributed by atoms with van der Waals surface area (Å²) >= 11 is 0. The van der Waals surface area contributed by atoms with Crippen LogP contribution in [0.15, 0.2) is 48.9 Å². The second-order valence-corrected chi connectivity index (χ2v) is 5.52. The molecular weight excluding hydrogens is 345 g/mol. The summed E-state index contributed by atoms with van der Waals surface area (Å²) in [6.07, 6.45) is 5.12. The van der Waals surface area contributed by atoms with Crippen LogP contribution in [0.25, 0.3) is 33.2 Å². The number of hydrogen-bond acceptors (Lipinski definition) is 4. The fourth-order valence-corrected chi connectivity index (χ4v) is 2.71. The maximum absolute atomic E-state index is 12.1. The normalized spacial score (nSPS) is 10.5. The standard InChI is InChI=1S/C18H14FN5O.C2H6/c19-6-8-21-18(25)16-3-1-11(9-22-16)14-4-2-12-13-10-20-7-5-15(13)24-17(12)23-14;1-2/h1-5,7,9-10H,6,8H2,(H,21,25)(H,23,24);1-2H3. The smallest absolute Gasteiger partial charge is 0.269 e. The number of fused-ring (bicyclic) bond motifs is 3. The first-order valence-electron chi connectivity index (χ1n) is 8.79. The minimum Gasteiger partial charge on any atom is -0.348 e. The zero-order valence-corrected chi connectivity index (χ0v) is 15.2. The second-order valence-electron chi connectivity index (χ2n) is 5.52. The van der Waals surface area contributed by atoms with Crippen molar-refractivity contribution in [3.05, 3.63) is 54.6 Å². The molecule has 0 saturated carbocycles. The molecule has 2 N–H and O–H groups in total. The average Bonchev–Trinajstić information content (AvgIpc) is 3.11. The van der Waals surface area contributed by atoms with Crippen LogP contribution in [0.1, 0.15) is 24.3 Å². The van der Waals surface area contributed by atoms with Crippen LogP contribution in [0.2, 0.25) is 0 Å². The number of nitrogens with zero attached hydrogens (tertiary/aromatic N) is 3. The zero-order valence-electron chi connectivity index (χ0n) is 15.2. The number of H-pyrrole nitrogens is 1. The number of nitrogens with one attached hydrogen (secondary N) is 2. The molecule has 4 heterocycles. The number of alkyl halides is 1. The van der Waals surface area contributed by atoms with E-state index in [4.69, 9.17) is 0 Å². The number of halogens is 1. The highest BCUT2D eigenvalue weighted by Gasteiger charge is 2.10. The molecule has 0 fully saturated rings. The van der Waals surface area contributed by atoms with Crippen molar-refractivity contribution >= 4 is 27.8 Å². The van der Waals surface area contributed by atoms with Crippen LogP contribution in [-0.2, 0) is 0 Å². The van der Waals surface area contributed by atoms with E-state index in [1.54, 1.807) is 24.5 Å². The van der Waals surface area contributed by atoms with Crippen LogP contribution >= 0.6 is 0 Å². The lowest BCUT2D eigenvalue weighted by molar-refractivity contribution is 0.0946. The highest BCUT2D eigenvalue weighted by molar-refractivity contribution is 6.05. The van der Waals surface area contributed by atoms with Gasteiger partial charge in [-0.05, 0) is 30.3 Å². The molecule has 0 radical (unpaired) electrons. The van der Waals surface area contributed by atoms with Crippen molar-refractivity contribution in [1.29, 1.82) is 0 Å². The fraction of sp³-hybridized carbons (Fsp3) is 0.200. The molecular formula is C20H20FN5O. The van der Waals surface area contributed by atoms with Gasteiger partial charge in [0.1, 0.15) is 18.0 Å². The highest BCUT2D eigenvalue weighted by Crippen LogP contribution is 2.26. The quantitative estimate of drug-likeness (QED) is 0.574. The average molecular weight is 365 g/mol. The van der Waals surface area contributed by atoms with Crippen molar-refractivity contribution in [2.45, 2.75) is 13.8 Å². The molecule has 0 aliphatic carbocycles. The molecule has 0 aliphatic heterocycles. The molecule has 6 nitrogen and oxygen atoms in total. The SMILES string of the molecule is CC.O=C(NCCF)c1ccc(-c2ccc3c(n2)[nH]c2ccncc23)cn1. The Kier molecular flexibility index (Phi) is 5.71. The van der Waals surface area contributed by atoms with Gasteiger partial charge in [0, 0.05) is 41.5 Å². The van der Waals surface area contributed by atoms with Crippen LogP contribution in [-0.4, -0.2) is 39.1 Å². The van der Waals surface area contributed by atoms with Gasteiger partial charge in [-0.2, -0.15) is 0 Å². The van der Waals surface area contributed by atoms with Crippen molar-refractivity contribution in [3.63, 3.8) is 0 Å². The molecule has 0 saturated heterocycles. The molecule has 0 spiro atoms. The summed E-state index contributed by atoms with van der Waals surface area (Å²) in [5, 5.41) is 4.47. The summed E-state index contributed by atoms with van der Waals surface area (Å²) in [7, 11) is 0. The Morgan fingerprint density at radius 1 is 1.11 bits per heavy atom. The van der Waals surface area contributed by atoms with Gasteiger partial charge < -0.3 is 10.3 Å². The Morgan fingerprint density at radius 3 is 2.70 bits per heavy atom. The summed E-state index contributed by atoms with van der Waals surface area (Å²) in [5.41, 5.74) is 3.53. The third kappa shape index (κ3) is 3.76. The third-order valence-corrected chi connectivity index (χ3v) is 3.93. The van der Waals surface area contributed by atoms with E-state index < -0.39 is 12.6 Å². The minimum absolute atomic E-state index is 0.0181. The molecule has 0 aromatic carbocycles. The Balaban J connectivity index is 0.00000102. The number of amides is 1. The molecule has 4 aromatic rings. The summed E-state index contributed by atoms with van der Waals surface area (Å²) in [5.74, 6) is -0.393. The van der Waals surface area contributed by atoms with Crippen molar-refractivity contribution in [2.24, 2.45) is 0 Å². The fourth-order valence-electron chi connectivity index (χ4n) is 2.71. The molecule has 0 aliphatic rings. The first kappa shape index (κ1) is 18.4. The van der Waals surface area contributed by atoms with Gasteiger partial charge >= 0.3 is 0 Å². The second kappa shape index (κ2) is 8.35. The van der Waals surface area contributed by atoms with Crippen LogP contribution < -0.4 is 5.32 Å². The van der Waals surface area contributed by atoms with E-state index >= 15 is 0 Å². The minimum atomic E-state index is -0.603. The van der Waals surface area contributed by atoms with Crippen molar-refractivity contribution < 1.29 is 9.18 Å². The molecule has 1 amide bonds. The van der Waals surface area contributed by atoms with E-state index in [0.29, 0.717) is 0 Å². The number of hydrogen-bond donors (Lipinski definition) is 2. The van der Waals surface area contributed by atoms with Gasteiger partial charge in [-0.15, -0.1) is 0 Å². The van der Waals surface area contributed by atoms with E-state index in [1.165, 1.54) is 0 Å². The van der Waals surface area contributed by atoms with Crippen molar-refractivity contribution in [1.82, 2.24) is 25.3 Å². The summed E-state index contributed by atoms with van der Waals surface area (Å²) in [4.78, 5) is 27.9. The lowest BCUT2D eigenvalue weighted by Gasteiger charge is -2.04. The van der Waals surface area contributed by atoms with Crippen LogP contribution in [0.4, 0.5) is 4.39 Å². The van der Waals surface area contributed by atoms with Gasteiger partial charge in [0.05, 0.1) is 11.2 Å². The van der Waals surface area contributed by atoms with E-state index in [1.807, 2.05) is 38.2 Å². The van der Waals surface area contributed by atoms with E-state index in [0.717, 1.165) is 33.2 Å². The van der Waals surface area contributed by atoms with Gasteiger partial charge in [-0.1, -0.05) is 13.8 Å². The molecule has 0 bridgehead atoms. The Hall–Kier alpha value is -3.35. The largest absolute Gasteiger partial charge is 0.348 e. The Bertz CT molecular complexity index is 1060. The molecule has 0 atom stereocenters. The molecule has 7 heteroatoms. The van der Waals surface area contributed by atoms with E-state index in [9.17, 15) is 9.18 Å². The lowest BCUT2D eigenvalue weighted by Crippen LogP contribution is -2.26. The predicted octanol–water partition coefficient (Wildman–Crippen LogP) is 3.90. The maximum atomic E-state index is 12.1. The summed E-state index contributed by atoms with van der Waals surface area (Å²) in [6, 6.07) is 9.17. The molecule has 0 unspecified atom stereocenters. The lowest BCUT2D eigenvalue weighted by atomic mass is 10.1. The molecule has 27 heavy (non-hydrogen) atoms. The summed E-state index contributed by atoms with van der Waals surface area (Å²) in [6.45, 7) is 3.38. The van der Waals surface area contributed by atoms with E-state index in [2.05, 4.69) is 25.3 Å². The molecule has 4 aromatic heterocycles. The number of aromatic amines is 1. The number of carbonyl (C=O) groups is 1. The van der Waals surface area contributed by atoms with Gasteiger partial charge in [0.15, 0.2) is 0 Å². The maximum Gasteiger partial charge on any atom is 0.269 e. The highest BCUT2D eigenvalue weighted by atomic mass is 19.1. The summed E-state index contributed by atoms with van der Waals surface area (Å²) < 4.78 is 12.1. The Labute approximate surface area is 155 Å². The number of pyridine rings is 3. The van der Waals surface area contributed by atoms with E-state index in [-0.39, 0.29) is 12.2 Å². The van der Waals surface area contributed by atoms with Crippen LogP contribution in [0.3, 0.4) is 0 Å². The van der Waals surface area contributed by atoms with Crippen molar-refractivity contribution in [3.8, 4) is 11.3 Å². The topological polar surface area (TPSA) is 83.6 Å². The third-order valence-electron chi connectivity index (χ3n) is 3.93. The number of aromatic nitrogens is 4. The Morgan fingerprint density at radius 2 is 1.96 bits per heavy atom. The molecule has 138 valence electrons. The molecule has 4 rings (SSSR count). The van der Waals surface area contributed by atoms with Crippen molar-refractivity contribution in [2.75, 3.05) is 13.2 Å². The number of rotatable bonds is 4. The monoisotopic (exact) mass is 365 g/mol. The van der Waals surface area contributed by atoms with Gasteiger partial charge in [0.2, 0.25) is 0 Å². The van der Waals surface area contributed by atoms with Gasteiger partial charge in [0.25, 0.3) is 5.91 Å². The van der Waals surface area contributed by atoms with Crippen LogP contribution in [0.5, 0.6) is 0 Å². The van der Waals surface area contributed by atoms with Crippen LogP contribution in [0, 0.1) is 0 Å². The zero-order chi connectivity index (χ0) is 19.2. The first-order valence-corrected chi connectivity index (χ1v) is 8.79.